The number of amides is 1. The lowest BCUT2D eigenvalue weighted by molar-refractivity contribution is 0.0827. The Labute approximate surface area is 107 Å². The lowest BCUT2D eigenvalue weighted by atomic mass is 10.2. The summed E-state index contributed by atoms with van der Waals surface area (Å²) in [6.07, 6.45) is 4.82. The van der Waals surface area contributed by atoms with Crippen molar-refractivity contribution in [2.24, 2.45) is 0 Å². The molecule has 0 atom stereocenters. The average molecular weight is 253 g/mol. The minimum absolute atomic E-state index is 0.0218. The number of anilines is 1. The fourth-order valence-electron chi connectivity index (χ4n) is 1.32. The molecule has 5 heteroatoms. The van der Waals surface area contributed by atoms with Gasteiger partial charge in [0.15, 0.2) is 0 Å². The molecule has 1 amide bonds. The SMILES string of the molecule is CSCCCNc1ccc(C(=O)N(C)C)cn1. The molecule has 1 aromatic rings. The normalized spacial score (nSPS) is 10.1. The van der Waals surface area contributed by atoms with Crippen molar-refractivity contribution in [2.75, 3.05) is 38.0 Å². The second kappa shape index (κ2) is 7.17. The molecule has 1 heterocycles. The molecule has 94 valence electrons. The number of pyridine rings is 1. The molecule has 0 bridgehead atoms. The van der Waals surface area contributed by atoms with E-state index in [1.165, 1.54) is 0 Å². The summed E-state index contributed by atoms with van der Waals surface area (Å²) >= 11 is 1.84. The van der Waals surface area contributed by atoms with Gasteiger partial charge in [0, 0.05) is 26.8 Å². The smallest absolute Gasteiger partial charge is 0.254 e. The van der Waals surface area contributed by atoms with E-state index in [2.05, 4.69) is 16.6 Å². The topological polar surface area (TPSA) is 45.2 Å². The van der Waals surface area contributed by atoms with Crippen molar-refractivity contribution in [3.8, 4) is 0 Å². The molecular formula is C12H19N3OS. The zero-order valence-corrected chi connectivity index (χ0v) is 11.4. The minimum atomic E-state index is -0.0218. The van der Waals surface area contributed by atoms with Crippen molar-refractivity contribution in [1.82, 2.24) is 9.88 Å². The summed E-state index contributed by atoms with van der Waals surface area (Å²) in [4.78, 5) is 17.4. The van der Waals surface area contributed by atoms with Crippen LogP contribution in [0, 0.1) is 0 Å². The standard InChI is InChI=1S/C12H19N3OS/c1-15(2)12(16)10-5-6-11(14-9-10)13-7-4-8-17-3/h5-6,9H,4,7-8H2,1-3H3,(H,13,14). The Morgan fingerprint density at radius 3 is 2.76 bits per heavy atom. The highest BCUT2D eigenvalue weighted by atomic mass is 32.2. The Bertz CT molecular complexity index is 351. The number of hydrogen-bond donors (Lipinski definition) is 1. The number of thioether (sulfide) groups is 1. The van der Waals surface area contributed by atoms with Gasteiger partial charge in [0.25, 0.3) is 5.91 Å². The first-order chi connectivity index (χ1) is 8.15. The Hall–Kier alpha value is -1.23. The molecular weight excluding hydrogens is 234 g/mol. The molecule has 0 unspecified atom stereocenters. The van der Waals surface area contributed by atoms with E-state index in [9.17, 15) is 4.79 Å². The summed E-state index contributed by atoms with van der Waals surface area (Å²) in [7, 11) is 3.47. The van der Waals surface area contributed by atoms with Crippen LogP contribution in [0.4, 0.5) is 5.82 Å². The molecule has 1 rings (SSSR count). The van der Waals surface area contributed by atoms with Gasteiger partial charge in [0.2, 0.25) is 0 Å². The van der Waals surface area contributed by atoms with Gasteiger partial charge < -0.3 is 10.2 Å². The maximum absolute atomic E-state index is 11.6. The second-order valence-corrected chi connectivity index (χ2v) is 4.89. The van der Waals surface area contributed by atoms with Crippen LogP contribution in [0.15, 0.2) is 18.3 Å². The molecule has 0 saturated heterocycles. The van der Waals surface area contributed by atoms with Crippen LogP contribution >= 0.6 is 11.8 Å². The Morgan fingerprint density at radius 2 is 2.24 bits per heavy atom. The highest BCUT2D eigenvalue weighted by molar-refractivity contribution is 7.98. The number of rotatable bonds is 6. The third-order valence-electron chi connectivity index (χ3n) is 2.25. The fraction of sp³-hybridized carbons (Fsp3) is 0.500. The molecule has 0 aliphatic carbocycles. The van der Waals surface area contributed by atoms with Gasteiger partial charge in [-0.1, -0.05) is 0 Å². The van der Waals surface area contributed by atoms with Gasteiger partial charge in [-0.05, 0) is 30.6 Å². The maximum Gasteiger partial charge on any atom is 0.254 e. The molecule has 0 fully saturated rings. The van der Waals surface area contributed by atoms with Crippen LogP contribution in [0.3, 0.4) is 0 Å². The van der Waals surface area contributed by atoms with E-state index in [-0.39, 0.29) is 5.91 Å². The zero-order valence-electron chi connectivity index (χ0n) is 10.6. The lowest BCUT2D eigenvalue weighted by Gasteiger charge is -2.10. The Balaban J connectivity index is 2.47. The molecule has 1 N–H and O–H groups in total. The highest BCUT2D eigenvalue weighted by Crippen LogP contribution is 2.07. The third kappa shape index (κ3) is 4.65. The van der Waals surface area contributed by atoms with Gasteiger partial charge in [-0.3, -0.25) is 4.79 Å². The van der Waals surface area contributed by atoms with Gasteiger partial charge in [-0.25, -0.2) is 4.98 Å². The van der Waals surface area contributed by atoms with Gasteiger partial charge in [-0.15, -0.1) is 0 Å². The molecule has 0 aromatic carbocycles. The van der Waals surface area contributed by atoms with E-state index >= 15 is 0 Å². The van der Waals surface area contributed by atoms with Crippen LogP contribution < -0.4 is 5.32 Å². The molecule has 0 aliphatic heterocycles. The van der Waals surface area contributed by atoms with Crippen molar-refractivity contribution in [3.05, 3.63) is 23.9 Å². The van der Waals surface area contributed by atoms with Crippen LogP contribution in [-0.2, 0) is 0 Å². The van der Waals surface area contributed by atoms with Crippen molar-refractivity contribution in [1.29, 1.82) is 0 Å². The van der Waals surface area contributed by atoms with E-state index in [1.54, 1.807) is 31.3 Å². The molecule has 0 radical (unpaired) electrons. The average Bonchev–Trinajstić information content (AvgIpc) is 2.34. The predicted octanol–water partition coefficient (Wildman–Crippen LogP) is 1.95. The monoisotopic (exact) mass is 253 g/mol. The number of nitrogens with zero attached hydrogens (tertiary/aromatic N) is 2. The van der Waals surface area contributed by atoms with Crippen LogP contribution in [0.1, 0.15) is 16.8 Å². The first-order valence-electron chi connectivity index (χ1n) is 5.55. The Kier molecular flexibility index (Phi) is 5.83. The molecule has 4 nitrogen and oxygen atoms in total. The van der Waals surface area contributed by atoms with E-state index < -0.39 is 0 Å². The van der Waals surface area contributed by atoms with Crippen LogP contribution in [0.2, 0.25) is 0 Å². The van der Waals surface area contributed by atoms with Gasteiger partial charge in [0.1, 0.15) is 5.82 Å². The summed E-state index contributed by atoms with van der Waals surface area (Å²) < 4.78 is 0. The van der Waals surface area contributed by atoms with E-state index in [0.29, 0.717) is 5.56 Å². The van der Waals surface area contributed by atoms with Crippen molar-refractivity contribution in [3.63, 3.8) is 0 Å². The summed E-state index contributed by atoms with van der Waals surface area (Å²) in [6, 6.07) is 3.64. The summed E-state index contributed by atoms with van der Waals surface area (Å²) in [5.41, 5.74) is 0.615. The molecule has 0 spiro atoms. The predicted molar refractivity (Wildman–Crippen MR) is 73.7 cm³/mol. The van der Waals surface area contributed by atoms with E-state index in [0.717, 1.165) is 24.5 Å². The van der Waals surface area contributed by atoms with Crippen LogP contribution in [0.25, 0.3) is 0 Å². The first kappa shape index (κ1) is 13.8. The first-order valence-corrected chi connectivity index (χ1v) is 6.95. The zero-order chi connectivity index (χ0) is 12.7. The molecule has 1 aromatic heterocycles. The Morgan fingerprint density at radius 1 is 1.47 bits per heavy atom. The van der Waals surface area contributed by atoms with Crippen molar-refractivity contribution < 1.29 is 4.79 Å². The summed E-state index contributed by atoms with van der Waals surface area (Å²) in [6.45, 7) is 0.912. The van der Waals surface area contributed by atoms with E-state index in [4.69, 9.17) is 0 Å². The molecule has 0 saturated carbocycles. The number of nitrogens with one attached hydrogen (secondary N) is 1. The second-order valence-electron chi connectivity index (χ2n) is 3.90. The summed E-state index contributed by atoms with van der Waals surface area (Å²) in [5, 5.41) is 3.23. The van der Waals surface area contributed by atoms with Gasteiger partial charge >= 0.3 is 0 Å². The van der Waals surface area contributed by atoms with Gasteiger partial charge in [0.05, 0.1) is 5.56 Å². The molecule has 17 heavy (non-hydrogen) atoms. The quantitative estimate of drug-likeness (QED) is 0.787. The fourth-order valence-corrected chi connectivity index (χ4v) is 1.75. The number of carbonyl (C=O) groups excluding carboxylic acids is 1. The van der Waals surface area contributed by atoms with Gasteiger partial charge in [-0.2, -0.15) is 11.8 Å². The van der Waals surface area contributed by atoms with Crippen molar-refractivity contribution in [2.45, 2.75) is 6.42 Å². The van der Waals surface area contributed by atoms with Crippen molar-refractivity contribution >= 4 is 23.5 Å². The lowest BCUT2D eigenvalue weighted by Crippen LogP contribution is -2.21. The van der Waals surface area contributed by atoms with Crippen LogP contribution in [-0.4, -0.2) is 48.4 Å². The number of carbonyl (C=O) groups is 1. The maximum atomic E-state index is 11.6. The highest BCUT2D eigenvalue weighted by Gasteiger charge is 2.07. The third-order valence-corrected chi connectivity index (χ3v) is 2.94. The number of hydrogen-bond acceptors (Lipinski definition) is 4. The van der Waals surface area contributed by atoms with Crippen LogP contribution in [0.5, 0.6) is 0 Å². The summed E-state index contributed by atoms with van der Waals surface area (Å²) in [5.74, 6) is 1.94. The molecule has 0 aliphatic rings. The minimum Gasteiger partial charge on any atom is -0.370 e. The largest absolute Gasteiger partial charge is 0.370 e. The van der Waals surface area contributed by atoms with E-state index in [1.807, 2.05) is 17.8 Å². The number of aromatic nitrogens is 1.